The molecule has 0 fully saturated rings. The molecular weight excluding hydrogens is 412 g/mol. The monoisotopic (exact) mass is 446 g/mol. The highest BCUT2D eigenvalue weighted by Gasteiger charge is 2.41. The lowest BCUT2D eigenvalue weighted by molar-refractivity contribution is 0.838. The van der Waals surface area contributed by atoms with Gasteiger partial charge in [0.2, 0.25) is 0 Å². The van der Waals surface area contributed by atoms with Crippen LogP contribution < -0.4 is 0 Å². The lowest BCUT2D eigenvalue weighted by atomic mass is 9.96. The molecule has 5 rings (SSSR count). The van der Waals surface area contributed by atoms with Gasteiger partial charge in [0.15, 0.2) is 0 Å². The molecule has 33 heavy (non-hydrogen) atoms. The van der Waals surface area contributed by atoms with Crippen molar-refractivity contribution in [2.75, 3.05) is 0 Å². The van der Waals surface area contributed by atoms with Gasteiger partial charge in [0, 0.05) is 5.56 Å². The quantitative estimate of drug-likeness (QED) is 0.147. The Hall–Kier alpha value is -2.82. The smallest absolute Gasteiger partial charge is 0.125 e. The number of fused-ring (bicyclic) bond motifs is 6. The predicted octanol–water partition coefficient (Wildman–Crippen LogP) is 9.13. The highest BCUT2D eigenvalue weighted by molar-refractivity contribution is 6.90. The summed E-state index contributed by atoms with van der Waals surface area (Å²) in [6.45, 7) is 14.3. The third kappa shape index (κ3) is 3.53. The van der Waals surface area contributed by atoms with Gasteiger partial charge in [0.25, 0.3) is 0 Å². The molecule has 0 atom stereocenters. The Morgan fingerprint density at radius 1 is 0.667 bits per heavy atom. The topological polar surface area (TPSA) is 0 Å². The van der Waals surface area contributed by atoms with Gasteiger partial charge in [-0.2, -0.15) is 0 Å². The van der Waals surface area contributed by atoms with Crippen molar-refractivity contribution >= 4 is 29.6 Å². The Kier molecular flexibility index (Phi) is 5.46. The molecule has 4 aromatic rings. The van der Waals surface area contributed by atoms with Crippen LogP contribution in [0.1, 0.15) is 58.2 Å². The second-order valence-corrected chi connectivity index (χ2v) is 16.3. The maximum atomic E-state index is 3.90. The van der Waals surface area contributed by atoms with E-state index in [9.17, 15) is 0 Å². The highest BCUT2D eigenvalue weighted by Crippen LogP contribution is 2.43. The van der Waals surface area contributed by atoms with E-state index in [2.05, 4.69) is 120 Å². The number of hydrogen-bond acceptors (Lipinski definition) is 0. The van der Waals surface area contributed by atoms with E-state index in [1.807, 2.05) is 0 Å². The molecule has 0 radical (unpaired) electrons. The van der Waals surface area contributed by atoms with Crippen LogP contribution in [0.15, 0.2) is 66.7 Å². The van der Waals surface area contributed by atoms with Gasteiger partial charge in [-0.3, -0.25) is 0 Å². The average Bonchev–Trinajstić information content (AvgIpc) is 3.16. The van der Waals surface area contributed by atoms with E-state index in [1.165, 1.54) is 49.4 Å². The molecule has 166 valence electrons. The molecule has 0 amide bonds. The summed E-state index contributed by atoms with van der Waals surface area (Å²) >= 11 is 0. The van der Waals surface area contributed by atoms with Crippen molar-refractivity contribution in [2.24, 2.45) is 0 Å². The molecule has 0 aliphatic heterocycles. The summed E-state index contributed by atoms with van der Waals surface area (Å²) in [4.78, 5) is 0. The van der Waals surface area contributed by atoms with Gasteiger partial charge in [-0.25, -0.2) is 0 Å². The molecular formula is C32H34Si. The third-order valence-corrected chi connectivity index (χ3v) is 14.3. The summed E-state index contributed by atoms with van der Waals surface area (Å²) in [6, 6.07) is 24.9. The first kappa shape index (κ1) is 22.0. The lowest BCUT2D eigenvalue weighted by Gasteiger charge is -2.38. The first-order chi connectivity index (χ1) is 15.8. The van der Waals surface area contributed by atoms with Gasteiger partial charge in [-0.05, 0) is 91.1 Å². The van der Waals surface area contributed by atoms with Crippen molar-refractivity contribution in [3.05, 3.63) is 83.4 Å². The molecule has 1 aliphatic rings. The maximum Gasteiger partial charge on any atom is 0.146 e. The first-order valence-electron chi connectivity index (χ1n) is 12.4. The molecule has 1 heteroatoms. The van der Waals surface area contributed by atoms with Crippen molar-refractivity contribution in [1.29, 1.82) is 0 Å². The van der Waals surface area contributed by atoms with Gasteiger partial charge in [-0.15, -0.1) is 5.54 Å². The second-order valence-electron chi connectivity index (χ2n) is 10.7. The largest absolute Gasteiger partial charge is 0.146 e. The Morgan fingerprint density at radius 3 is 2.00 bits per heavy atom. The molecule has 1 aliphatic carbocycles. The van der Waals surface area contributed by atoms with Gasteiger partial charge in [-0.1, -0.05) is 89.9 Å². The summed E-state index contributed by atoms with van der Waals surface area (Å²) in [6.07, 6.45) is 1.01. The van der Waals surface area contributed by atoms with E-state index in [0.717, 1.165) is 6.42 Å². The molecule has 0 heterocycles. The minimum absolute atomic E-state index is 0.654. The van der Waals surface area contributed by atoms with Crippen molar-refractivity contribution in [3.63, 3.8) is 0 Å². The molecule has 4 aromatic carbocycles. The van der Waals surface area contributed by atoms with Crippen molar-refractivity contribution < 1.29 is 0 Å². The van der Waals surface area contributed by atoms with E-state index < -0.39 is 8.07 Å². The van der Waals surface area contributed by atoms with E-state index in [1.54, 1.807) is 0 Å². The van der Waals surface area contributed by atoms with Gasteiger partial charge in [0.1, 0.15) is 8.07 Å². The van der Waals surface area contributed by atoms with Crippen LogP contribution >= 0.6 is 0 Å². The zero-order chi connectivity index (χ0) is 23.3. The number of rotatable bonds is 3. The van der Waals surface area contributed by atoms with E-state index in [0.29, 0.717) is 16.6 Å². The summed E-state index contributed by atoms with van der Waals surface area (Å²) in [5.41, 5.74) is 12.7. The van der Waals surface area contributed by atoms with Gasteiger partial charge >= 0.3 is 0 Å². The molecule has 0 saturated carbocycles. The molecule has 0 aromatic heterocycles. The maximum absolute atomic E-state index is 3.90. The normalized spacial score (nSPS) is 13.0. The number of hydrogen-bond donors (Lipinski definition) is 0. The van der Waals surface area contributed by atoms with Crippen molar-refractivity contribution in [1.82, 2.24) is 0 Å². The van der Waals surface area contributed by atoms with Crippen LogP contribution in [0.3, 0.4) is 0 Å². The standard InChI is InChI=1S/C32H34Si/c1-21(2)33(22(3)4,23(5)6)16-15-24-11-12-28-20-32-29(30(28)17-24)14-13-27-18-25-9-7-8-10-26(25)19-31(27)32/h7-14,17-19,21-23H,20H2,1-6H3. The second kappa shape index (κ2) is 8.19. The fourth-order valence-corrected chi connectivity index (χ4v) is 11.6. The SMILES string of the molecule is CC(C)[Si](C#Cc1ccc2c(c1)-c1ccc3cc4ccccc4cc3c1C2)(C(C)C)C(C)C. The molecule has 0 N–H and O–H groups in total. The van der Waals surface area contributed by atoms with Gasteiger partial charge < -0.3 is 0 Å². The Labute approximate surface area is 200 Å². The van der Waals surface area contributed by atoms with E-state index in [4.69, 9.17) is 0 Å². The summed E-state index contributed by atoms with van der Waals surface area (Å²) in [5, 5.41) is 5.35. The van der Waals surface area contributed by atoms with Crippen LogP contribution in [-0.4, -0.2) is 8.07 Å². The first-order valence-corrected chi connectivity index (χ1v) is 14.7. The van der Waals surface area contributed by atoms with Crippen LogP contribution in [0.5, 0.6) is 0 Å². The van der Waals surface area contributed by atoms with Crippen LogP contribution in [0.2, 0.25) is 16.6 Å². The van der Waals surface area contributed by atoms with Gasteiger partial charge in [0.05, 0.1) is 0 Å². The highest BCUT2D eigenvalue weighted by atomic mass is 28.3. The van der Waals surface area contributed by atoms with Crippen LogP contribution in [0, 0.1) is 11.5 Å². The summed E-state index contributed by atoms with van der Waals surface area (Å²) in [5.74, 6) is 3.66. The fraction of sp³-hybridized carbons (Fsp3) is 0.312. The summed E-state index contributed by atoms with van der Waals surface area (Å²) < 4.78 is 0. The Bertz CT molecular complexity index is 1400. The minimum atomic E-state index is -1.73. The minimum Gasteiger partial charge on any atom is -0.125 e. The Morgan fingerprint density at radius 2 is 1.33 bits per heavy atom. The lowest BCUT2D eigenvalue weighted by Crippen LogP contribution is -2.43. The molecule has 0 bridgehead atoms. The van der Waals surface area contributed by atoms with E-state index in [-0.39, 0.29) is 0 Å². The third-order valence-electron chi connectivity index (χ3n) is 8.05. The predicted molar refractivity (Wildman–Crippen MR) is 148 cm³/mol. The van der Waals surface area contributed by atoms with Crippen LogP contribution in [0.4, 0.5) is 0 Å². The Balaban J connectivity index is 1.60. The zero-order valence-electron chi connectivity index (χ0n) is 20.8. The molecule has 0 unspecified atom stereocenters. The molecule has 0 nitrogen and oxygen atoms in total. The van der Waals surface area contributed by atoms with Crippen molar-refractivity contribution in [3.8, 4) is 22.6 Å². The van der Waals surface area contributed by atoms with E-state index >= 15 is 0 Å². The summed E-state index contributed by atoms with van der Waals surface area (Å²) in [7, 11) is -1.73. The zero-order valence-corrected chi connectivity index (χ0v) is 21.8. The number of benzene rings is 4. The van der Waals surface area contributed by atoms with Crippen LogP contribution in [0.25, 0.3) is 32.7 Å². The molecule has 0 saturated heterocycles. The van der Waals surface area contributed by atoms with Crippen molar-refractivity contribution in [2.45, 2.75) is 64.6 Å². The molecule has 0 spiro atoms. The van der Waals surface area contributed by atoms with Crippen LogP contribution in [-0.2, 0) is 6.42 Å². The fourth-order valence-electron chi connectivity index (χ4n) is 6.38. The average molecular weight is 447 g/mol.